The minimum Gasteiger partial charge on any atom is -0.367 e. The molecule has 2 nitrogen and oxygen atoms in total. The number of hydrogen-bond acceptors (Lipinski definition) is 2. The van der Waals surface area contributed by atoms with Crippen LogP contribution < -0.4 is 4.90 Å². The van der Waals surface area contributed by atoms with Crippen molar-refractivity contribution in [2.45, 2.75) is 12.5 Å². The van der Waals surface area contributed by atoms with E-state index in [0.717, 1.165) is 12.0 Å². The Bertz CT molecular complexity index is 381. The monoisotopic (exact) mass is 346 g/mol. The lowest BCUT2D eigenvalue weighted by atomic mass is 10.1. The minimum absolute atomic E-state index is 0.734. The number of fused-ring (bicyclic) bond motifs is 1. The van der Waals surface area contributed by atoms with E-state index in [-0.39, 0.29) is 0 Å². The van der Waals surface area contributed by atoms with Gasteiger partial charge >= 0.3 is 0 Å². The molecule has 86 valence electrons. The van der Waals surface area contributed by atoms with E-state index in [4.69, 9.17) is 0 Å². The van der Waals surface area contributed by atoms with E-state index < -0.39 is 0 Å². The van der Waals surface area contributed by atoms with Gasteiger partial charge in [-0.05, 0) is 59.2 Å². The van der Waals surface area contributed by atoms with E-state index in [1.54, 1.807) is 0 Å². The maximum Gasteiger partial charge on any atom is 0.0461 e. The van der Waals surface area contributed by atoms with E-state index in [2.05, 4.69) is 65.8 Å². The second kappa shape index (κ2) is 4.43. The van der Waals surface area contributed by atoms with Gasteiger partial charge in [0.05, 0.1) is 0 Å². The fourth-order valence-electron chi connectivity index (χ4n) is 2.95. The van der Waals surface area contributed by atoms with Gasteiger partial charge in [0.2, 0.25) is 0 Å². The van der Waals surface area contributed by atoms with Crippen LogP contribution in [0.15, 0.2) is 24.3 Å². The van der Waals surface area contributed by atoms with Gasteiger partial charge in [-0.3, -0.25) is 4.67 Å². The summed E-state index contributed by atoms with van der Waals surface area (Å²) in [5.74, 6) is 0.872. The maximum atomic E-state index is 2.85. The number of benzene rings is 1. The van der Waals surface area contributed by atoms with Crippen molar-refractivity contribution >= 4 is 37.7 Å². The van der Waals surface area contributed by atoms with Crippen molar-refractivity contribution in [3.8, 4) is 0 Å². The summed E-state index contributed by atoms with van der Waals surface area (Å²) in [7, 11) is 2.85. The lowest BCUT2D eigenvalue weighted by Gasteiger charge is -2.26. The van der Waals surface area contributed by atoms with Crippen LogP contribution in [-0.2, 0) is 0 Å². The van der Waals surface area contributed by atoms with E-state index in [1.807, 2.05) is 0 Å². The van der Waals surface area contributed by atoms with Crippen LogP contribution >= 0.6 is 32.0 Å². The molecule has 1 aromatic carbocycles. The highest BCUT2D eigenvalue weighted by Gasteiger charge is 2.39. The molecule has 0 bridgehead atoms. The average Bonchev–Trinajstić information content (AvgIpc) is 2.78. The zero-order valence-corrected chi connectivity index (χ0v) is 12.5. The Morgan fingerprint density at radius 1 is 1.19 bits per heavy atom. The largest absolute Gasteiger partial charge is 0.367 e. The molecule has 2 aliphatic heterocycles. The van der Waals surface area contributed by atoms with E-state index in [0.29, 0.717) is 0 Å². The van der Waals surface area contributed by atoms with Crippen LogP contribution in [0.1, 0.15) is 6.42 Å². The Labute approximate surface area is 113 Å². The highest BCUT2D eigenvalue weighted by molar-refractivity contribution is 14.1. The van der Waals surface area contributed by atoms with Gasteiger partial charge < -0.3 is 4.90 Å². The molecule has 16 heavy (non-hydrogen) atoms. The molecule has 1 unspecified atom stereocenters. The zero-order valence-electron chi connectivity index (χ0n) is 9.14. The number of halogens is 1. The lowest BCUT2D eigenvalue weighted by Crippen LogP contribution is -2.33. The van der Waals surface area contributed by atoms with Gasteiger partial charge in [0, 0.05) is 34.9 Å². The first-order valence-corrected chi connectivity index (χ1v) is 7.35. The Morgan fingerprint density at radius 3 is 2.69 bits per heavy atom. The summed E-state index contributed by atoms with van der Waals surface area (Å²) in [6, 6.07) is 9.66. The van der Waals surface area contributed by atoms with Crippen LogP contribution in [0.2, 0.25) is 0 Å². The van der Waals surface area contributed by atoms with Gasteiger partial charge in [-0.2, -0.15) is 0 Å². The molecule has 2 heterocycles. The standard InChI is InChI=1S/C12H16IN2P/c13-10-1-3-11(4-2-10)15-6-5-9-7-14(16)8-12(9)15/h1-4,9,12H,5-8,16H2/t9-,12+/m1/s1. The van der Waals surface area contributed by atoms with Gasteiger partial charge in [-0.1, -0.05) is 9.39 Å². The molecule has 3 atom stereocenters. The Balaban J connectivity index is 1.83. The van der Waals surface area contributed by atoms with Crippen molar-refractivity contribution < 1.29 is 0 Å². The molecule has 0 N–H and O–H groups in total. The maximum absolute atomic E-state index is 2.85. The van der Waals surface area contributed by atoms with E-state index >= 15 is 0 Å². The number of nitrogens with zero attached hydrogens (tertiary/aromatic N) is 2. The van der Waals surface area contributed by atoms with Gasteiger partial charge in [0.1, 0.15) is 0 Å². The number of rotatable bonds is 1. The van der Waals surface area contributed by atoms with Crippen molar-refractivity contribution in [2.24, 2.45) is 5.92 Å². The molecule has 0 radical (unpaired) electrons. The zero-order chi connectivity index (χ0) is 11.1. The van der Waals surface area contributed by atoms with E-state index in [9.17, 15) is 0 Å². The third-order valence-corrected chi connectivity index (χ3v) is 4.87. The van der Waals surface area contributed by atoms with Gasteiger partial charge in [0.25, 0.3) is 0 Å². The van der Waals surface area contributed by atoms with Crippen molar-refractivity contribution in [3.05, 3.63) is 27.8 Å². The first-order valence-electron chi connectivity index (χ1n) is 5.76. The molecule has 2 fully saturated rings. The predicted octanol–water partition coefficient (Wildman–Crippen LogP) is 2.59. The highest BCUT2D eigenvalue weighted by Crippen LogP contribution is 2.36. The molecule has 2 saturated heterocycles. The molecule has 0 saturated carbocycles. The summed E-state index contributed by atoms with van der Waals surface area (Å²) in [5, 5.41) is 0. The van der Waals surface area contributed by atoms with Crippen molar-refractivity contribution in [2.75, 3.05) is 24.5 Å². The molecule has 0 aliphatic carbocycles. The molecule has 3 rings (SSSR count). The van der Waals surface area contributed by atoms with Crippen LogP contribution in [0.5, 0.6) is 0 Å². The molecule has 1 aromatic rings. The Kier molecular flexibility index (Phi) is 3.11. The summed E-state index contributed by atoms with van der Waals surface area (Å²) in [5.41, 5.74) is 1.40. The first-order chi connectivity index (χ1) is 7.74. The van der Waals surface area contributed by atoms with Gasteiger partial charge in [0.15, 0.2) is 0 Å². The molecule has 4 heteroatoms. The Morgan fingerprint density at radius 2 is 1.94 bits per heavy atom. The second-order valence-corrected chi connectivity index (χ2v) is 6.72. The smallest absolute Gasteiger partial charge is 0.0461 e. The number of hydrogen-bond donors (Lipinski definition) is 0. The van der Waals surface area contributed by atoms with Gasteiger partial charge in [-0.15, -0.1) is 0 Å². The summed E-state index contributed by atoms with van der Waals surface area (Å²) in [4.78, 5) is 2.59. The molecular formula is C12H16IN2P. The Hall–Kier alpha value is 0.140. The first kappa shape index (κ1) is 11.2. The third-order valence-electron chi connectivity index (χ3n) is 3.73. The van der Waals surface area contributed by atoms with Gasteiger partial charge in [-0.25, -0.2) is 0 Å². The normalized spacial score (nSPS) is 29.8. The van der Waals surface area contributed by atoms with Crippen molar-refractivity contribution in [3.63, 3.8) is 0 Å². The summed E-state index contributed by atoms with van der Waals surface area (Å²) < 4.78 is 3.70. The molecule has 0 spiro atoms. The molecule has 0 amide bonds. The molecule has 2 aliphatic rings. The van der Waals surface area contributed by atoms with Crippen molar-refractivity contribution in [1.29, 1.82) is 0 Å². The van der Waals surface area contributed by atoms with Crippen LogP contribution in [0, 0.1) is 9.49 Å². The van der Waals surface area contributed by atoms with Crippen molar-refractivity contribution in [1.82, 2.24) is 4.67 Å². The summed E-state index contributed by atoms with van der Waals surface area (Å²) in [6.07, 6.45) is 1.35. The minimum atomic E-state index is 0.734. The fourth-order valence-corrected chi connectivity index (χ4v) is 3.79. The van der Waals surface area contributed by atoms with E-state index in [1.165, 1.54) is 35.3 Å². The summed E-state index contributed by atoms with van der Waals surface area (Å²) >= 11 is 2.36. The highest BCUT2D eigenvalue weighted by atomic mass is 127. The van der Waals surface area contributed by atoms with Crippen LogP contribution in [-0.4, -0.2) is 30.3 Å². The predicted molar refractivity (Wildman–Crippen MR) is 79.7 cm³/mol. The molecular weight excluding hydrogens is 330 g/mol. The topological polar surface area (TPSA) is 6.48 Å². The van der Waals surface area contributed by atoms with Crippen LogP contribution in [0.3, 0.4) is 0 Å². The number of anilines is 1. The second-order valence-electron chi connectivity index (χ2n) is 4.74. The SMILES string of the molecule is PN1C[C@H]2CCN(c3ccc(I)cc3)[C@H]2C1. The quantitative estimate of drug-likeness (QED) is 0.570. The fraction of sp³-hybridized carbons (Fsp3) is 0.500. The summed E-state index contributed by atoms with van der Waals surface area (Å²) in [6.45, 7) is 3.67. The van der Waals surface area contributed by atoms with Crippen LogP contribution in [0.4, 0.5) is 5.69 Å². The third kappa shape index (κ3) is 1.98. The average molecular weight is 346 g/mol. The lowest BCUT2D eigenvalue weighted by molar-refractivity contribution is 0.520. The van der Waals surface area contributed by atoms with Crippen LogP contribution in [0.25, 0.3) is 0 Å². The molecule has 0 aromatic heterocycles.